The molecule has 1 aromatic carbocycles. The van der Waals surface area contributed by atoms with Gasteiger partial charge in [-0.15, -0.1) is 0 Å². The van der Waals surface area contributed by atoms with Crippen LogP contribution < -0.4 is 4.74 Å². The van der Waals surface area contributed by atoms with Crippen LogP contribution in [0.5, 0.6) is 5.75 Å². The summed E-state index contributed by atoms with van der Waals surface area (Å²) in [5.74, 6) is -0.0820. The quantitative estimate of drug-likeness (QED) is 0.873. The van der Waals surface area contributed by atoms with Crippen molar-refractivity contribution in [2.24, 2.45) is 5.41 Å². The van der Waals surface area contributed by atoms with E-state index in [0.717, 1.165) is 16.9 Å². The van der Waals surface area contributed by atoms with Crippen LogP contribution in [0.1, 0.15) is 30.5 Å². The Labute approximate surface area is 102 Å². The predicted octanol–water partition coefficient (Wildman–Crippen LogP) is 3.10. The first-order valence-corrected chi connectivity index (χ1v) is 5.68. The Morgan fingerprint density at radius 3 is 2.24 bits per heavy atom. The van der Waals surface area contributed by atoms with Crippen molar-refractivity contribution in [3.05, 3.63) is 28.8 Å². The lowest BCUT2D eigenvalue weighted by Gasteiger charge is -2.21. The number of ether oxygens (including phenoxy) is 1. The third-order valence-corrected chi connectivity index (χ3v) is 2.96. The molecule has 0 saturated carbocycles. The first-order valence-electron chi connectivity index (χ1n) is 5.68. The van der Waals surface area contributed by atoms with E-state index in [1.807, 2.05) is 26.8 Å². The fourth-order valence-corrected chi connectivity index (χ4v) is 1.41. The molecule has 0 atom stereocenters. The van der Waals surface area contributed by atoms with E-state index in [1.165, 1.54) is 5.56 Å². The van der Waals surface area contributed by atoms with E-state index in [9.17, 15) is 4.79 Å². The summed E-state index contributed by atoms with van der Waals surface area (Å²) in [6.07, 6.45) is 0. The topological polar surface area (TPSA) is 46.5 Å². The predicted molar refractivity (Wildman–Crippen MR) is 67.6 cm³/mol. The maximum Gasteiger partial charge on any atom is 0.312 e. The van der Waals surface area contributed by atoms with Crippen LogP contribution in [-0.2, 0) is 4.79 Å². The Morgan fingerprint density at radius 2 is 1.71 bits per heavy atom. The number of carbonyl (C=O) groups is 1. The third kappa shape index (κ3) is 3.22. The summed E-state index contributed by atoms with van der Waals surface area (Å²) >= 11 is 0. The summed E-state index contributed by atoms with van der Waals surface area (Å²) in [5, 5.41) is 9.01. The fourth-order valence-electron chi connectivity index (χ4n) is 1.41. The highest BCUT2D eigenvalue weighted by atomic mass is 16.5. The molecule has 1 N–H and O–H groups in total. The van der Waals surface area contributed by atoms with E-state index < -0.39 is 11.4 Å². The Balaban J connectivity index is 2.83. The van der Waals surface area contributed by atoms with Crippen LogP contribution in [0.4, 0.5) is 0 Å². The molecular formula is C14H20O3. The van der Waals surface area contributed by atoms with Gasteiger partial charge in [0.05, 0.1) is 5.41 Å². The SMILES string of the molecule is Cc1cc(C)c(OCC(C)(C)C(=O)O)cc1C. The molecule has 3 heteroatoms. The number of benzene rings is 1. The van der Waals surface area contributed by atoms with Crippen molar-refractivity contribution < 1.29 is 14.6 Å². The highest BCUT2D eigenvalue weighted by Gasteiger charge is 2.28. The van der Waals surface area contributed by atoms with Gasteiger partial charge in [-0.3, -0.25) is 4.79 Å². The molecule has 3 nitrogen and oxygen atoms in total. The van der Waals surface area contributed by atoms with Crippen molar-refractivity contribution in [1.29, 1.82) is 0 Å². The number of hydrogen-bond donors (Lipinski definition) is 1. The van der Waals surface area contributed by atoms with Gasteiger partial charge in [-0.2, -0.15) is 0 Å². The first kappa shape index (κ1) is 13.6. The van der Waals surface area contributed by atoms with Crippen LogP contribution in [0, 0.1) is 26.2 Å². The summed E-state index contributed by atoms with van der Waals surface area (Å²) in [4.78, 5) is 11.0. The van der Waals surface area contributed by atoms with Crippen molar-refractivity contribution in [3.8, 4) is 5.75 Å². The van der Waals surface area contributed by atoms with Gasteiger partial charge in [0.2, 0.25) is 0 Å². The Hall–Kier alpha value is -1.51. The lowest BCUT2D eigenvalue weighted by Crippen LogP contribution is -2.30. The van der Waals surface area contributed by atoms with Gasteiger partial charge in [0.15, 0.2) is 0 Å². The van der Waals surface area contributed by atoms with Gasteiger partial charge in [0.1, 0.15) is 12.4 Å². The van der Waals surface area contributed by atoms with Crippen molar-refractivity contribution >= 4 is 5.97 Å². The van der Waals surface area contributed by atoms with Crippen molar-refractivity contribution in [2.45, 2.75) is 34.6 Å². The van der Waals surface area contributed by atoms with Crippen molar-refractivity contribution in [3.63, 3.8) is 0 Å². The molecule has 17 heavy (non-hydrogen) atoms. The second kappa shape index (κ2) is 4.78. The number of aryl methyl sites for hydroxylation is 3. The van der Waals surface area contributed by atoms with E-state index >= 15 is 0 Å². The number of rotatable bonds is 4. The highest BCUT2D eigenvalue weighted by molar-refractivity contribution is 5.73. The molecule has 0 bridgehead atoms. The van der Waals surface area contributed by atoms with E-state index in [2.05, 4.69) is 6.07 Å². The van der Waals surface area contributed by atoms with Crippen LogP contribution in [0.25, 0.3) is 0 Å². The molecule has 0 unspecified atom stereocenters. The minimum atomic E-state index is -0.870. The molecule has 0 radical (unpaired) electrons. The molecule has 0 aliphatic heterocycles. The monoisotopic (exact) mass is 236 g/mol. The van der Waals surface area contributed by atoms with E-state index in [4.69, 9.17) is 9.84 Å². The van der Waals surface area contributed by atoms with Crippen LogP contribution in [0.3, 0.4) is 0 Å². The minimum Gasteiger partial charge on any atom is -0.492 e. The minimum absolute atomic E-state index is 0.172. The Bertz CT molecular complexity index is 433. The molecule has 1 rings (SSSR count). The van der Waals surface area contributed by atoms with Crippen LogP contribution in [-0.4, -0.2) is 17.7 Å². The maximum atomic E-state index is 11.0. The average molecular weight is 236 g/mol. The van der Waals surface area contributed by atoms with Gasteiger partial charge < -0.3 is 9.84 Å². The highest BCUT2D eigenvalue weighted by Crippen LogP contribution is 2.25. The molecule has 1 aromatic rings. The molecule has 94 valence electrons. The van der Waals surface area contributed by atoms with Gasteiger partial charge in [0, 0.05) is 0 Å². The summed E-state index contributed by atoms with van der Waals surface area (Å²) in [6, 6.07) is 4.01. The zero-order chi connectivity index (χ0) is 13.2. The number of carboxylic acids is 1. The summed E-state index contributed by atoms with van der Waals surface area (Å²) < 4.78 is 5.62. The Morgan fingerprint density at radius 1 is 1.18 bits per heavy atom. The zero-order valence-corrected chi connectivity index (χ0v) is 11.1. The molecule has 0 aromatic heterocycles. The largest absolute Gasteiger partial charge is 0.492 e. The first-order chi connectivity index (χ1) is 7.74. The molecule has 0 amide bonds. The normalized spacial score (nSPS) is 11.4. The summed E-state index contributed by atoms with van der Waals surface area (Å²) in [6.45, 7) is 9.52. The van der Waals surface area contributed by atoms with Gasteiger partial charge in [-0.1, -0.05) is 6.07 Å². The smallest absolute Gasteiger partial charge is 0.312 e. The van der Waals surface area contributed by atoms with E-state index in [-0.39, 0.29) is 6.61 Å². The lowest BCUT2D eigenvalue weighted by molar-refractivity contribution is -0.148. The van der Waals surface area contributed by atoms with Crippen molar-refractivity contribution in [1.82, 2.24) is 0 Å². The molecular weight excluding hydrogens is 216 g/mol. The molecule has 0 heterocycles. The van der Waals surface area contributed by atoms with Crippen molar-refractivity contribution in [2.75, 3.05) is 6.61 Å². The summed E-state index contributed by atoms with van der Waals surface area (Å²) in [7, 11) is 0. The molecule has 0 aliphatic carbocycles. The lowest BCUT2D eigenvalue weighted by atomic mass is 9.95. The van der Waals surface area contributed by atoms with E-state index in [0.29, 0.717) is 0 Å². The molecule has 0 fully saturated rings. The Kier molecular flexibility index (Phi) is 3.81. The second-order valence-electron chi connectivity index (χ2n) is 5.18. The number of hydrogen-bond acceptors (Lipinski definition) is 2. The summed E-state index contributed by atoms with van der Waals surface area (Å²) in [5.41, 5.74) is 2.53. The zero-order valence-electron chi connectivity index (χ0n) is 11.1. The van der Waals surface area contributed by atoms with Gasteiger partial charge in [-0.05, 0) is 57.4 Å². The van der Waals surface area contributed by atoms with Gasteiger partial charge >= 0.3 is 5.97 Å². The third-order valence-electron chi connectivity index (χ3n) is 2.96. The van der Waals surface area contributed by atoms with Gasteiger partial charge in [0.25, 0.3) is 0 Å². The average Bonchev–Trinajstić information content (AvgIpc) is 2.21. The van der Waals surface area contributed by atoms with Crippen LogP contribution in [0.2, 0.25) is 0 Å². The second-order valence-corrected chi connectivity index (χ2v) is 5.18. The van der Waals surface area contributed by atoms with Crippen LogP contribution in [0.15, 0.2) is 12.1 Å². The number of aliphatic carboxylic acids is 1. The maximum absolute atomic E-state index is 11.0. The molecule has 0 aliphatic rings. The molecule has 0 saturated heterocycles. The molecule has 0 spiro atoms. The standard InChI is InChI=1S/C14H20O3/c1-9-6-11(3)12(7-10(9)2)17-8-14(4,5)13(15)16/h6-7H,8H2,1-5H3,(H,15,16). The number of carboxylic acid groups (broad SMARTS) is 1. The van der Waals surface area contributed by atoms with Gasteiger partial charge in [-0.25, -0.2) is 0 Å². The fraction of sp³-hybridized carbons (Fsp3) is 0.500. The van der Waals surface area contributed by atoms with Crippen LogP contribution >= 0.6 is 0 Å². The van der Waals surface area contributed by atoms with E-state index in [1.54, 1.807) is 13.8 Å².